The average molecular weight is 337 g/mol. The number of amides is 1. The monoisotopic (exact) mass is 337 g/mol. The quantitative estimate of drug-likeness (QED) is 0.914. The van der Waals surface area contributed by atoms with E-state index in [0.29, 0.717) is 12.8 Å². The summed E-state index contributed by atoms with van der Waals surface area (Å²) < 4.78 is 63.7. The van der Waals surface area contributed by atoms with Crippen molar-refractivity contribution in [2.75, 3.05) is 6.26 Å². The Morgan fingerprint density at radius 3 is 2.23 bits per heavy atom. The summed E-state index contributed by atoms with van der Waals surface area (Å²) in [6.07, 6.45) is -2.91. The highest BCUT2D eigenvalue weighted by Crippen LogP contribution is 2.42. The van der Waals surface area contributed by atoms with Crippen molar-refractivity contribution in [3.8, 4) is 5.75 Å². The third kappa shape index (κ3) is 4.62. The van der Waals surface area contributed by atoms with Gasteiger partial charge in [0.2, 0.25) is 15.9 Å². The lowest BCUT2D eigenvalue weighted by atomic mass is 9.71. The molecule has 0 saturated heterocycles. The van der Waals surface area contributed by atoms with E-state index >= 15 is 0 Å². The number of alkyl halides is 3. The van der Waals surface area contributed by atoms with E-state index in [1.54, 1.807) is 0 Å². The molecule has 9 heteroatoms. The van der Waals surface area contributed by atoms with Crippen LogP contribution in [0.25, 0.3) is 0 Å². The van der Waals surface area contributed by atoms with Crippen LogP contribution in [0.1, 0.15) is 24.3 Å². The molecule has 1 fully saturated rings. The fourth-order valence-electron chi connectivity index (χ4n) is 2.31. The molecule has 22 heavy (non-hydrogen) atoms. The van der Waals surface area contributed by atoms with Gasteiger partial charge in [-0.2, -0.15) is 0 Å². The van der Waals surface area contributed by atoms with Crippen LogP contribution in [0, 0.1) is 5.92 Å². The van der Waals surface area contributed by atoms with Gasteiger partial charge in [-0.3, -0.25) is 9.52 Å². The van der Waals surface area contributed by atoms with Gasteiger partial charge in [0, 0.05) is 5.92 Å². The standard InChI is InChI=1S/C13H14F3NO4S/c1-22(19,20)17-12(18)10-6-9(7-10)8-2-4-11(5-3-8)21-13(14,15)16/h2-5,9-10H,6-7H2,1H3,(H,17,18). The lowest BCUT2D eigenvalue weighted by Crippen LogP contribution is -2.40. The van der Waals surface area contributed by atoms with E-state index in [1.165, 1.54) is 24.3 Å². The van der Waals surface area contributed by atoms with Crippen LogP contribution in [-0.2, 0) is 14.8 Å². The third-order valence-corrected chi connectivity index (χ3v) is 3.95. The van der Waals surface area contributed by atoms with Gasteiger partial charge >= 0.3 is 6.36 Å². The molecule has 0 unspecified atom stereocenters. The summed E-state index contributed by atoms with van der Waals surface area (Å²) in [6.45, 7) is 0. The Bertz CT molecular complexity index is 649. The minimum absolute atomic E-state index is 0.0234. The first kappa shape index (κ1) is 16.6. The van der Waals surface area contributed by atoms with E-state index in [-0.39, 0.29) is 11.7 Å². The molecular formula is C13H14F3NO4S. The largest absolute Gasteiger partial charge is 0.573 e. The predicted molar refractivity (Wildman–Crippen MR) is 71.6 cm³/mol. The van der Waals surface area contributed by atoms with Crippen LogP contribution in [0.3, 0.4) is 0 Å². The Morgan fingerprint density at radius 1 is 1.23 bits per heavy atom. The van der Waals surface area contributed by atoms with Gasteiger partial charge in [-0.1, -0.05) is 12.1 Å². The molecule has 0 bridgehead atoms. The highest BCUT2D eigenvalue weighted by atomic mass is 32.2. The molecule has 0 atom stereocenters. The number of benzene rings is 1. The van der Waals surface area contributed by atoms with Gasteiger partial charge in [0.15, 0.2) is 0 Å². The van der Waals surface area contributed by atoms with Crippen LogP contribution in [0.15, 0.2) is 24.3 Å². The van der Waals surface area contributed by atoms with Crippen molar-refractivity contribution in [2.24, 2.45) is 5.92 Å². The smallest absolute Gasteiger partial charge is 0.406 e. The average Bonchev–Trinajstić information content (AvgIpc) is 2.24. The molecule has 2 rings (SSSR count). The van der Waals surface area contributed by atoms with Crippen LogP contribution < -0.4 is 9.46 Å². The van der Waals surface area contributed by atoms with Gasteiger partial charge in [0.05, 0.1) is 6.26 Å². The summed E-state index contributed by atoms with van der Waals surface area (Å²) in [7, 11) is -3.57. The summed E-state index contributed by atoms with van der Waals surface area (Å²) in [5, 5.41) is 0. The number of nitrogens with one attached hydrogen (secondary N) is 1. The first-order valence-corrected chi connectivity index (χ1v) is 8.30. The Hall–Kier alpha value is -1.77. The first-order chi connectivity index (χ1) is 10.0. The highest BCUT2D eigenvalue weighted by Gasteiger charge is 2.36. The second-order valence-electron chi connectivity index (χ2n) is 5.22. The Labute approximate surface area is 125 Å². The zero-order chi connectivity index (χ0) is 16.5. The number of carbonyl (C=O) groups is 1. The molecule has 1 N–H and O–H groups in total. The molecule has 1 aromatic carbocycles. The molecule has 0 aromatic heterocycles. The molecule has 1 aliphatic rings. The molecule has 0 aliphatic heterocycles. The third-order valence-electron chi connectivity index (χ3n) is 3.38. The van der Waals surface area contributed by atoms with Crippen LogP contribution in [-0.4, -0.2) is 26.9 Å². The van der Waals surface area contributed by atoms with E-state index in [4.69, 9.17) is 0 Å². The van der Waals surface area contributed by atoms with Crippen molar-refractivity contribution >= 4 is 15.9 Å². The maximum absolute atomic E-state index is 12.0. The molecule has 1 amide bonds. The van der Waals surface area contributed by atoms with Crippen LogP contribution >= 0.6 is 0 Å². The van der Waals surface area contributed by atoms with Crippen molar-refractivity contribution < 1.29 is 31.1 Å². The second kappa shape index (κ2) is 5.79. The summed E-state index contributed by atoms with van der Waals surface area (Å²) >= 11 is 0. The fraction of sp³-hybridized carbons (Fsp3) is 0.462. The number of carbonyl (C=O) groups excluding carboxylic acids is 1. The van der Waals surface area contributed by atoms with Crippen LogP contribution in [0.5, 0.6) is 5.75 Å². The van der Waals surface area contributed by atoms with Crippen molar-refractivity contribution in [1.29, 1.82) is 0 Å². The molecule has 0 spiro atoms. The van der Waals surface area contributed by atoms with Gasteiger partial charge in [0.25, 0.3) is 0 Å². The zero-order valence-electron chi connectivity index (χ0n) is 11.6. The van der Waals surface area contributed by atoms with Crippen molar-refractivity contribution in [3.63, 3.8) is 0 Å². The zero-order valence-corrected chi connectivity index (χ0v) is 12.4. The minimum Gasteiger partial charge on any atom is -0.406 e. The normalized spacial score (nSPS) is 21.8. The summed E-state index contributed by atoms with van der Waals surface area (Å²) in [4.78, 5) is 11.6. The number of halogens is 3. The molecule has 122 valence electrons. The molecule has 5 nitrogen and oxygen atoms in total. The maximum Gasteiger partial charge on any atom is 0.573 e. The molecule has 1 aliphatic carbocycles. The van der Waals surface area contributed by atoms with Crippen LogP contribution in [0.2, 0.25) is 0 Å². The Balaban J connectivity index is 1.90. The van der Waals surface area contributed by atoms with Crippen LogP contribution in [0.4, 0.5) is 13.2 Å². The SMILES string of the molecule is CS(=O)(=O)NC(=O)C1CC(c2ccc(OC(F)(F)F)cc2)C1. The van der Waals surface area contributed by atoms with E-state index in [1.807, 2.05) is 4.72 Å². The number of hydrogen-bond acceptors (Lipinski definition) is 4. The predicted octanol–water partition coefficient (Wildman–Crippen LogP) is 2.15. The highest BCUT2D eigenvalue weighted by molar-refractivity contribution is 7.89. The Kier molecular flexibility index (Phi) is 4.37. The van der Waals surface area contributed by atoms with Crippen molar-refractivity contribution in [2.45, 2.75) is 25.1 Å². The molecular weight excluding hydrogens is 323 g/mol. The van der Waals surface area contributed by atoms with Crippen molar-refractivity contribution in [1.82, 2.24) is 4.72 Å². The second-order valence-corrected chi connectivity index (χ2v) is 6.97. The van der Waals surface area contributed by atoms with E-state index in [2.05, 4.69) is 4.74 Å². The first-order valence-electron chi connectivity index (χ1n) is 6.41. The van der Waals surface area contributed by atoms with Gasteiger partial charge < -0.3 is 4.74 Å². The number of ether oxygens (including phenoxy) is 1. The molecule has 0 heterocycles. The number of sulfonamides is 1. The van der Waals surface area contributed by atoms with Crippen molar-refractivity contribution in [3.05, 3.63) is 29.8 Å². The summed E-state index contributed by atoms with van der Waals surface area (Å²) in [6, 6.07) is 5.45. The lowest BCUT2D eigenvalue weighted by molar-refractivity contribution is -0.274. The van der Waals surface area contributed by atoms with E-state index < -0.39 is 28.2 Å². The minimum atomic E-state index is -4.73. The maximum atomic E-state index is 12.0. The molecule has 1 saturated carbocycles. The van der Waals surface area contributed by atoms with E-state index in [9.17, 15) is 26.4 Å². The lowest BCUT2D eigenvalue weighted by Gasteiger charge is -2.34. The summed E-state index contributed by atoms with van der Waals surface area (Å²) in [5.74, 6) is -1.22. The number of hydrogen-bond donors (Lipinski definition) is 1. The van der Waals surface area contributed by atoms with Gasteiger partial charge in [-0.25, -0.2) is 8.42 Å². The van der Waals surface area contributed by atoms with Gasteiger partial charge in [-0.15, -0.1) is 13.2 Å². The number of rotatable bonds is 4. The summed E-state index contributed by atoms with van der Waals surface area (Å²) in [5.41, 5.74) is 0.790. The Morgan fingerprint density at radius 2 is 1.77 bits per heavy atom. The topological polar surface area (TPSA) is 72.5 Å². The van der Waals surface area contributed by atoms with E-state index in [0.717, 1.165) is 11.8 Å². The van der Waals surface area contributed by atoms with Gasteiger partial charge in [-0.05, 0) is 36.5 Å². The molecule has 1 aromatic rings. The van der Waals surface area contributed by atoms with Gasteiger partial charge in [0.1, 0.15) is 5.75 Å². The molecule has 0 radical (unpaired) electrons. The fourth-order valence-corrected chi connectivity index (χ4v) is 2.84.